The Balaban J connectivity index is 1.46. The SMILES string of the molecule is CSSCCOC(=O)O[C@@H]1C(=O)OC[C@]23CCC(C)=C[C@H]2O[C@@H]2C[C@@H](OC(=O)C=CC=CC(=O)OCC[C@H]1C)[C@@]3(C)[C@]21CO1. The lowest BCUT2D eigenvalue weighted by Crippen LogP contribution is -2.67. The highest BCUT2D eigenvalue weighted by atomic mass is 33.1. The van der Waals surface area contributed by atoms with E-state index in [9.17, 15) is 19.2 Å². The van der Waals surface area contributed by atoms with Crippen LogP contribution in [0.2, 0.25) is 0 Å². The molecule has 3 aliphatic heterocycles. The van der Waals surface area contributed by atoms with Crippen LogP contribution in [-0.2, 0) is 47.5 Å². The zero-order valence-electron chi connectivity index (χ0n) is 25.4. The summed E-state index contributed by atoms with van der Waals surface area (Å²) in [5.74, 6) is -1.94. The number of ether oxygens (including phenoxy) is 7. The number of carbonyl (C=O) groups excluding carboxylic acids is 4. The van der Waals surface area contributed by atoms with Crippen LogP contribution in [0.15, 0.2) is 36.0 Å². The van der Waals surface area contributed by atoms with Crippen LogP contribution in [0.25, 0.3) is 0 Å². The first-order valence-electron chi connectivity index (χ1n) is 14.9. The third-order valence-electron chi connectivity index (χ3n) is 9.82. The maximum Gasteiger partial charge on any atom is 0.509 e. The highest BCUT2D eigenvalue weighted by molar-refractivity contribution is 8.76. The van der Waals surface area contributed by atoms with Crippen molar-refractivity contribution >= 4 is 45.7 Å². The monoisotopic (exact) mass is 652 g/mol. The minimum atomic E-state index is -1.31. The van der Waals surface area contributed by atoms with Crippen molar-refractivity contribution in [3.8, 4) is 0 Å². The molecule has 0 unspecified atom stereocenters. The molecule has 0 aromatic heterocycles. The Bertz CT molecular complexity index is 1230. The van der Waals surface area contributed by atoms with E-state index in [1.165, 1.54) is 35.1 Å². The molecule has 8 atom stereocenters. The largest absolute Gasteiger partial charge is 0.509 e. The number of epoxide rings is 1. The third-order valence-corrected chi connectivity index (χ3v) is 11.6. The van der Waals surface area contributed by atoms with Crippen LogP contribution in [0.5, 0.6) is 0 Å². The van der Waals surface area contributed by atoms with Crippen molar-refractivity contribution in [1.29, 1.82) is 0 Å². The quantitative estimate of drug-likeness (QED) is 0.104. The first-order valence-corrected chi connectivity index (χ1v) is 17.6. The molecule has 0 aromatic carbocycles. The summed E-state index contributed by atoms with van der Waals surface area (Å²) >= 11 is 0. The van der Waals surface area contributed by atoms with Gasteiger partial charge in [0.2, 0.25) is 6.10 Å². The molecular formula is C31H40O11S2. The molecule has 0 aromatic rings. The van der Waals surface area contributed by atoms with Gasteiger partial charge >= 0.3 is 24.1 Å². The molecule has 1 saturated carbocycles. The third kappa shape index (κ3) is 6.17. The molecule has 0 N–H and O–H groups in total. The zero-order valence-corrected chi connectivity index (χ0v) is 27.1. The van der Waals surface area contributed by atoms with Gasteiger partial charge in [-0.05, 0) is 32.4 Å². The predicted molar refractivity (Wildman–Crippen MR) is 162 cm³/mol. The van der Waals surface area contributed by atoms with Gasteiger partial charge in [0.05, 0.1) is 30.8 Å². The van der Waals surface area contributed by atoms with Crippen molar-refractivity contribution in [2.75, 3.05) is 38.4 Å². The predicted octanol–water partition coefficient (Wildman–Crippen LogP) is 4.34. The Labute approximate surface area is 265 Å². The van der Waals surface area contributed by atoms with Crippen LogP contribution in [-0.4, -0.2) is 92.5 Å². The van der Waals surface area contributed by atoms with Gasteiger partial charge in [0.1, 0.15) is 24.9 Å². The molecule has 11 nitrogen and oxygen atoms in total. The van der Waals surface area contributed by atoms with Crippen LogP contribution >= 0.6 is 21.6 Å². The molecule has 5 aliphatic rings. The summed E-state index contributed by atoms with van der Waals surface area (Å²) < 4.78 is 40.9. The highest BCUT2D eigenvalue weighted by Crippen LogP contribution is 2.72. The van der Waals surface area contributed by atoms with E-state index in [1.54, 1.807) is 17.7 Å². The van der Waals surface area contributed by atoms with Crippen molar-refractivity contribution in [3.05, 3.63) is 36.0 Å². The van der Waals surface area contributed by atoms with E-state index in [0.29, 0.717) is 25.2 Å². The second-order valence-corrected chi connectivity index (χ2v) is 14.8. The maximum atomic E-state index is 13.8. The molecular weight excluding hydrogens is 612 g/mol. The van der Waals surface area contributed by atoms with Crippen molar-refractivity contribution in [1.82, 2.24) is 0 Å². The average Bonchev–Trinajstić information content (AvgIpc) is 3.77. The Kier molecular flexibility index (Phi) is 10.1. The fourth-order valence-electron chi connectivity index (χ4n) is 7.19. The van der Waals surface area contributed by atoms with Crippen LogP contribution in [0, 0.1) is 16.7 Å². The Morgan fingerprint density at radius 1 is 1.09 bits per heavy atom. The first kappa shape index (κ1) is 32.9. The molecule has 0 radical (unpaired) electrons. The summed E-state index contributed by atoms with van der Waals surface area (Å²) in [6.07, 6.45) is 7.69. The van der Waals surface area contributed by atoms with E-state index in [1.807, 2.05) is 20.1 Å². The second kappa shape index (κ2) is 13.5. The van der Waals surface area contributed by atoms with Crippen LogP contribution < -0.4 is 0 Å². The van der Waals surface area contributed by atoms with E-state index < -0.39 is 64.7 Å². The molecule has 2 aliphatic carbocycles. The number of hydrogen-bond donors (Lipinski definition) is 0. The van der Waals surface area contributed by atoms with Gasteiger partial charge in [-0.1, -0.05) is 59.2 Å². The molecule has 2 saturated heterocycles. The van der Waals surface area contributed by atoms with Gasteiger partial charge in [0.25, 0.3) is 0 Å². The smallest absolute Gasteiger partial charge is 0.463 e. The zero-order chi connectivity index (χ0) is 31.5. The van der Waals surface area contributed by atoms with E-state index in [2.05, 4.69) is 6.08 Å². The average molecular weight is 653 g/mol. The fraction of sp³-hybridized carbons (Fsp3) is 0.677. The molecule has 3 fully saturated rings. The van der Waals surface area contributed by atoms with E-state index >= 15 is 0 Å². The lowest BCUT2D eigenvalue weighted by Gasteiger charge is -2.58. The Hall–Kier alpha value is -2.48. The number of carbonyl (C=O) groups is 4. The molecule has 13 heteroatoms. The van der Waals surface area contributed by atoms with E-state index in [4.69, 9.17) is 33.2 Å². The maximum absolute atomic E-state index is 13.8. The molecule has 242 valence electrons. The normalized spacial score (nSPS) is 38.8. The van der Waals surface area contributed by atoms with Gasteiger partial charge in [-0.25, -0.2) is 19.2 Å². The first-order chi connectivity index (χ1) is 21.1. The van der Waals surface area contributed by atoms with Crippen molar-refractivity contribution in [2.24, 2.45) is 16.7 Å². The molecule has 2 spiro atoms. The minimum Gasteiger partial charge on any atom is -0.463 e. The van der Waals surface area contributed by atoms with Crippen molar-refractivity contribution < 1.29 is 52.3 Å². The highest BCUT2D eigenvalue weighted by Gasteiger charge is 2.83. The molecule has 44 heavy (non-hydrogen) atoms. The summed E-state index contributed by atoms with van der Waals surface area (Å²) in [6.45, 7) is 6.27. The lowest BCUT2D eigenvalue weighted by molar-refractivity contribution is -0.234. The molecule has 0 amide bonds. The number of rotatable bonds is 5. The molecule has 2 bridgehead atoms. The number of allylic oxidation sites excluding steroid dienone is 3. The lowest BCUT2D eigenvalue weighted by atomic mass is 9.51. The molecule has 5 rings (SSSR count). The number of hydrogen-bond acceptors (Lipinski definition) is 13. The summed E-state index contributed by atoms with van der Waals surface area (Å²) in [7, 11) is 3.07. The number of esters is 3. The summed E-state index contributed by atoms with van der Waals surface area (Å²) in [5.41, 5.74) is -1.06. The Morgan fingerprint density at radius 3 is 2.57 bits per heavy atom. The Morgan fingerprint density at radius 2 is 1.84 bits per heavy atom. The summed E-state index contributed by atoms with van der Waals surface area (Å²) in [4.78, 5) is 51.5. The van der Waals surface area contributed by atoms with Gasteiger partial charge in [-0.3, -0.25) is 0 Å². The van der Waals surface area contributed by atoms with Gasteiger partial charge in [-0.2, -0.15) is 0 Å². The number of cyclic esters (lactones) is 2. The van der Waals surface area contributed by atoms with Gasteiger partial charge in [-0.15, -0.1) is 0 Å². The van der Waals surface area contributed by atoms with E-state index in [0.717, 1.165) is 12.0 Å². The van der Waals surface area contributed by atoms with Crippen molar-refractivity contribution in [3.63, 3.8) is 0 Å². The van der Waals surface area contributed by atoms with Gasteiger partial charge in [0.15, 0.2) is 0 Å². The standard InChI is InChI=1S/C31H40O11S2/c1-19-9-11-30-17-38-27(34)26(42-28(35)37-13-14-44-43-4)20(2)10-12-36-24(32)7-5-6-8-25(33)41-21-16-23(40-22(30)15-19)31(18-39-31)29(21,30)3/h5-8,15,20-23,26H,9-14,16-18H2,1-4H3/t20-,21-,22-,23-,26+,29-,30-,31+/m1/s1. The minimum absolute atomic E-state index is 0.0342. The topological polar surface area (TPSA) is 136 Å². The summed E-state index contributed by atoms with van der Waals surface area (Å²) in [6, 6.07) is 0. The van der Waals surface area contributed by atoms with Crippen LogP contribution in [0.4, 0.5) is 4.79 Å². The second-order valence-electron chi connectivity index (χ2n) is 12.1. The van der Waals surface area contributed by atoms with Gasteiger partial charge in [0, 0.05) is 35.7 Å². The molecule has 3 heterocycles. The summed E-state index contributed by atoms with van der Waals surface area (Å²) in [5, 5.41) is 0. The van der Waals surface area contributed by atoms with Crippen LogP contribution in [0.3, 0.4) is 0 Å². The van der Waals surface area contributed by atoms with Crippen molar-refractivity contribution in [2.45, 2.75) is 76.5 Å². The van der Waals surface area contributed by atoms with E-state index in [-0.39, 0.29) is 32.3 Å². The van der Waals surface area contributed by atoms with Gasteiger partial charge < -0.3 is 33.2 Å². The fourth-order valence-corrected chi connectivity index (χ4v) is 8.21. The van der Waals surface area contributed by atoms with Crippen LogP contribution in [0.1, 0.15) is 46.5 Å².